The molecule has 0 unspecified atom stereocenters. The number of nitrogens with two attached hydrogens (primary N) is 1. The Hall–Kier alpha value is -0.990. The molecule has 2 N–H and O–H groups in total. The Balaban J connectivity index is 1.47. The molecule has 0 aliphatic heterocycles. The van der Waals surface area contributed by atoms with Crippen molar-refractivity contribution in [3.63, 3.8) is 0 Å². The van der Waals surface area contributed by atoms with Crippen molar-refractivity contribution in [2.24, 2.45) is 23.2 Å². The maximum Gasteiger partial charge on any atom is 0.126 e. The molecule has 0 atom stereocenters. The molecule has 3 heteroatoms. The summed E-state index contributed by atoms with van der Waals surface area (Å²) >= 11 is 0. The van der Waals surface area contributed by atoms with E-state index >= 15 is 0 Å². The van der Waals surface area contributed by atoms with Crippen molar-refractivity contribution >= 4 is 5.82 Å². The Labute approximate surface area is 122 Å². The molecular formula is C17H27N3. The molecule has 0 saturated heterocycles. The fourth-order valence-corrected chi connectivity index (χ4v) is 5.86. The first kappa shape index (κ1) is 12.7. The fourth-order valence-electron chi connectivity index (χ4n) is 5.86. The zero-order chi connectivity index (χ0) is 13.7. The number of hydrogen-bond acceptors (Lipinski definition) is 2. The topological polar surface area (TPSA) is 43.8 Å². The molecule has 4 saturated carbocycles. The van der Waals surface area contributed by atoms with Gasteiger partial charge in [0.15, 0.2) is 0 Å². The van der Waals surface area contributed by atoms with Crippen LogP contribution in [0.3, 0.4) is 0 Å². The van der Waals surface area contributed by atoms with Crippen LogP contribution in [0.2, 0.25) is 0 Å². The minimum Gasteiger partial charge on any atom is -0.384 e. The Morgan fingerprint density at radius 2 is 1.80 bits per heavy atom. The Morgan fingerprint density at radius 3 is 2.30 bits per heavy atom. The number of imidazole rings is 1. The van der Waals surface area contributed by atoms with E-state index < -0.39 is 0 Å². The van der Waals surface area contributed by atoms with Gasteiger partial charge in [0.2, 0.25) is 0 Å². The highest BCUT2D eigenvalue weighted by atomic mass is 15.1. The molecule has 1 heterocycles. The van der Waals surface area contributed by atoms with Crippen LogP contribution in [0.1, 0.15) is 57.6 Å². The van der Waals surface area contributed by atoms with Crippen LogP contribution in [0.25, 0.3) is 0 Å². The third kappa shape index (κ3) is 1.97. The molecule has 4 fully saturated rings. The molecule has 3 nitrogen and oxygen atoms in total. The molecule has 1 aromatic rings. The second-order valence-electron chi connectivity index (χ2n) is 7.78. The van der Waals surface area contributed by atoms with Crippen molar-refractivity contribution in [1.29, 1.82) is 0 Å². The van der Waals surface area contributed by atoms with Gasteiger partial charge in [-0.05, 0) is 81.5 Å². The second-order valence-corrected chi connectivity index (χ2v) is 7.78. The van der Waals surface area contributed by atoms with Crippen LogP contribution in [-0.2, 0) is 13.0 Å². The first-order valence-electron chi connectivity index (χ1n) is 8.47. The first-order valence-corrected chi connectivity index (χ1v) is 8.47. The lowest BCUT2D eigenvalue weighted by Crippen LogP contribution is -2.46. The van der Waals surface area contributed by atoms with Gasteiger partial charge in [-0.2, -0.15) is 0 Å². The van der Waals surface area contributed by atoms with Gasteiger partial charge in [-0.3, -0.25) is 0 Å². The van der Waals surface area contributed by atoms with E-state index in [-0.39, 0.29) is 0 Å². The summed E-state index contributed by atoms with van der Waals surface area (Å²) in [7, 11) is 0. The number of aryl methyl sites for hydroxylation is 2. The molecule has 110 valence electrons. The van der Waals surface area contributed by atoms with Crippen LogP contribution in [0, 0.1) is 23.2 Å². The normalized spacial score (nSPS) is 38.5. The van der Waals surface area contributed by atoms with E-state index in [1.54, 1.807) is 0 Å². The summed E-state index contributed by atoms with van der Waals surface area (Å²) in [6, 6.07) is 0. The smallest absolute Gasteiger partial charge is 0.126 e. The zero-order valence-corrected chi connectivity index (χ0v) is 12.6. The van der Waals surface area contributed by atoms with E-state index in [0.717, 1.165) is 42.2 Å². The summed E-state index contributed by atoms with van der Waals surface area (Å²) in [5.74, 6) is 4.04. The summed E-state index contributed by atoms with van der Waals surface area (Å²) in [5, 5.41) is 0. The molecule has 0 amide bonds. The van der Waals surface area contributed by atoms with Crippen LogP contribution in [0.5, 0.6) is 0 Å². The van der Waals surface area contributed by atoms with Gasteiger partial charge in [0.1, 0.15) is 5.82 Å². The lowest BCUT2D eigenvalue weighted by molar-refractivity contribution is -0.0570. The van der Waals surface area contributed by atoms with Crippen LogP contribution in [0.4, 0.5) is 5.82 Å². The molecular weight excluding hydrogens is 246 g/mol. The molecule has 4 aliphatic carbocycles. The maximum absolute atomic E-state index is 6.19. The highest BCUT2D eigenvalue weighted by Gasteiger charge is 2.50. The average Bonchev–Trinajstić information content (AvgIpc) is 2.75. The van der Waals surface area contributed by atoms with Gasteiger partial charge in [-0.25, -0.2) is 4.98 Å². The predicted molar refractivity (Wildman–Crippen MR) is 81.2 cm³/mol. The van der Waals surface area contributed by atoms with Crippen molar-refractivity contribution in [3.05, 3.63) is 12.0 Å². The van der Waals surface area contributed by atoms with Gasteiger partial charge in [0.05, 0.1) is 12.0 Å². The van der Waals surface area contributed by atoms with Crippen molar-refractivity contribution in [1.82, 2.24) is 9.55 Å². The summed E-state index contributed by atoms with van der Waals surface area (Å²) in [6.45, 7) is 3.05. The number of hydrogen-bond donors (Lipinski definition) is 1. The van der Waals surface area contributed by atoms with Crippen molar-refractivity contribution in [2.45, 2.75) is 64.8 Å². The zero-order valence-electron chi connectivity index (χ0n) is 12.6. The van der Waals surface area contributed by atoms with Gasteiger partial charge in [-0.15, -0.1) is 0 Å². The third-order valence-corrected chi connectivity index (χ3v) is 6.36. The average molecular weight is 273 g/mol. The lowest BCUT2D eigenvalue weighted by Gasteiger charge is -2.57. The number of nitrogens with zero attached hydrogens (tertiary/aromatic N) is 2. The monoisotopic (exact) mass is 273 g/mol. The third-order valence-electron chi connectivity index (χ3n) is 6.36. The van der Waals surface area contributed by atoms with Gasteiger partial charge in [0, 0.05) is 6.54 Å². The van der Waals surface area contributed by atoms with Crippen LogP contribution in [0.15, 0.2) is 6.33 Å². The fraction of sp³-hybridized carbons (Fsp3) is 0.824. The highest BCUT2D eigenvalue weighted by molar-refractivity contribution is 5.36. The van der Waals surface area contributed by atoms with E-state index in [0.29, 0.717) is 5.41 Å². The summed E-state index contributed by atoms with van der Waals surface area (Å²) in [4.78, 5) is 4.54. The molecule has 1 aromatic heterocycles. The highest BCUT2D eigenvalue weighted by Crippen LogP contribution is 2.61. The van der Waals surface area contributed by atoms with E-state index in [2.05, 4.69) is 16.5 Å². The van der Waals surface area contributed by atoms with Crippen LogP contribution in [-0.4, -0.2) is 9.55 Å². The largest absolute Gasteiger partial charge is 0.384 e. The van der Waals surface area contributed by atoms with Gasteiger partial charge in [-0.1, -0.05) is 0 Å². The first-order chi connectivity index (χ1) is 9.67. The molecule has 5 rings (SSSR count). The standard InChI is InChI=1S/C17H27N3/c1-2-20-11-19-15(16(20)18)3-4-17-8-12-5-13(9-17)7-14(6-12)10-17/h11-14H,2-10,18H2,1H3. The molecule has 4 aliphatic rings. The van der Waals surface area contributed by atoms with E-state index in [1.165, 1.54) is 44.9 Å². The summed E-state index contributed by atoms with van der Waals surface area (Å²) in [5.41, 5.74) is 7.98. The molecule has 0 spiro atoms. The van der Waals surface area contributed by atoms with Crippen LogP contribution >= 0.6 is 0 Å². The molecule has 20 heavy (non-hydrogen) atoms. The van der Waals surface area contributed by atoms with E-state index in [1.807, 2.05) is 6.33 Å². The number of nitrogen functional groups attached to an aromatic ring is 1. The van der Waals surface area contributed by atoms with E-state index in [9.17, 15) is 0 Å². The number of anilines is 1. The number of rotatable bonds is 4. The van der Waals surface area contributed by atoms with Gasteiger partial charge < -0.3 is 10.3 Å². The quantitative estimate of drug-likeness (QED) is 0.910. The Morgan fingerprint density at radius 1 is 1.20 bits per heavy atom. The van der Waals surface area contributed by atoms with Gasteiger partial charge >= 0.3 is 0 Å². The minimum atomic E-state index is 0.650. The van der Waals surface area contributed by atoms with Crippen molar-refractivity contribution < 1.29 is 0 Å². The molecule has 0 radical (unpaired) electrons. The summed E-state index contributed by atoms with van der Waals surface area (Å²) < 4.78 is 2.06. The second kappa shape index (κ2) is 4.51. The van der Waals surface area contributed by atoms with Crippen molar-refractivity contribution in [3.8, 4) is 0 Å². The SMILES string of the molecule is CCn1cnc(CCC23CC4CC(CC(C4)C2)C3)c1N. The van der Waals surface area contributed by atoms with Gasteiger partial charge in [0.25, 0.3) is 0 Å². The maximum atomic E-state index is 6.19. The lowest BCUT2D eigenvalue weighted by atomic mass is 9.48. The Bertz CT molecular complexity index is 467. The van der Waals surface area contributed by atoms with Crippen LogP contribution < -0.4 is 5.73 Å². The number of aromatic nitrogens is 2. The summed E-state index contributed by atoms with van der Waals surface area (Å²) in [6.07, 6.45) is 13.4. The van der Waals surface area contributed by atoms with E-state index in [4.69, 9.17) is 5.73 Å². The van der Waals surface area contributed by atoms with Crippen molar-refractivity contribution in [2.75, 3.05) is 5.73 Å². The molecule has 0 aromatic carbocycles. The Kier molecular flexibility index (Phi) is 2.87. The predicted octanol–water partition coefficient (Wildman–Crippen LogP) is 3.63. The minimum absolute atomic E-state index is 0.650. The molecule has 4 bridgehead atoms.